The molecule has 4 bridgehead atoms. The average Bonchev–Trinajstić information content (AvgIpc) is 2.17. The normalized spacial score (nSPS) is 52.9. The van der Waals surface area contributed by atoms with Crippen LogP contribution in [0.25, 0.3) is 0 Å². The third kappa shape index (κ3) is 1.04. The third-order valence-electron chi connectivity index (χ3n) is 5.99. The fourth-order valence-electron chi connectivity index (χ4n) is 5.32. The van der Waals surface area contributed by atoms with Gasteiger partial charge in [-0.3, -0.25) is 0 Å². The van der Waals surface area contributed by atoms with Gasteiger partial charge in [-0.15, -0.1) is 0 Å². The first-order chi connectivity index (χ1) is 7.05. The summed E-state index contributed by atoms with van der Waals surface area (Å²) in [6, 6.07) is 0. The molecule has 0 radical (unpaired) electrons. The minimum Gasteiger partial charge on any atom is -0.0995 e. The van der Waals surface area contributed by atoms with Gasteiger partial charge in [0, 0.05) is 0 Å². The standard InChI is InChI=1S/C15H24/c1-9(2)11-7-8-15(4)12-6-5-10(3)14(15)13(11)12/h9,11-14H,3,5-8H2,1-2,4H3/t11-,12?,13?,14+,15+/m0/s1. The molecule has 0 aliphatic heterocycles. The Kier molecular flexibility index (Phi) is 1.92. The van der Waals surface area contributed by atoms with E-state index in [1.807, 2.05) is 0 Å². The summed E-state index contributed by atoms with van der Waals surface area (Å²) >= 11 is 0. The van der Waals surface area contributed by atoms with Crippen molar-refractivity contribution in [1.82, 2.24) is 0 Å². The molecule has 15 heavy (non-hydrogen) atoms. The Balaban J connectivity index is 1.93. The van der Waals surface area contributed by atoms with Crippen LogP contribution in [0.3, 0.4) is 0 Å². The zero-order chi connectivity index (χ0) is 10.8. The summed E-state index contributed by atoms with van der Waals surface area (Å²) in [5.41, 5.74) is 2.26. The molecule has 5 atom stereocenters. The molecule has 0 saturated heterocycles. The second kappa shape index (κ2) is 2.90. The smallest absolute Gasteiger partial charge is 0.0115 e. The van der Waals surface area contributed by atoms with Gasteiger partial charge in [0.15, 0.2) is 0 Å². The Labute approximate surface area is 94.1 Å². The predicted molar refractivity (Wildman–Crippen MR) is 64.5 cm³/mol. The Morgan fingerprint density at radius 2 is 2.07 bits per heavy atom. The van der Waals surface area contributed by atoms with Crippen molar-refractivity contribution in [3.8, 4) is 0 Å². The van der Waals surface area contributed by atoms with Gasteiger partial charge in [-0.1, -0.05) is 32.9 Å². The van der Waals surface area contributed by atoms with Crippen molar-refractivity contribution < 1.29 is 0 Å². The lowest BCUT2D eigenvalue weighted by Crippen LogP contribution is -2.64. The average molecular weight is 204 g/mol. The quantitative estimate of drug-likeness (QED) is 0.559. The highest BCUT2D eigenvalue weighted by molar-refractivity contribution is 5.26. The molecule has 0 aromatic carbocycles. The first kappa shape index (κ1) is 9.93. The van der Waals surface area contributed by atoms with Crippen LogP contribution >= 0.6 is 0 Å². The van der Waals surface area contributed by atoms with E-state index < -0.39 is 0 Å². The summed E-state index contributed by atoms with van der Waals surface area (Å²) in [5, 5.41) is 0. The van der Waals surface area contributed by atoms with E-state index in [-0.39, 0.29) is 0 Å². The lowest BCUT2D eigenvalue weighted by molar-refractivity contribution is -0.194. The summed E-state index contributed by atoms with van der Waals surface area (Å²) in [7, 11) is 0. The lowest BCUT2D eigenvalue weighted by Gasteiger charge is -2.71. The van der Waals surface area contributed by atoms with Crippen LogP contribution in [0.15, 0.2) is 12.2 Å². The van der Waals surface area contributed by atoms with E-state index in [9.17, 15) is 0 Å². The highest BCUT2D eigenvalue weighted by atomic mass is 14.7. The van der Waals surface area contributed by atoms with E-state index in [0.717, 1.165) is 29.6 Å². The maximum atomic E-state index is 4.35. The number of hydrogen-bond acceptors (Lipinski definition) is 0. The first-order valence-electron chi connectivity index (χ1n) is 6.73. The Hall–Kier alpha value is -0.260. The fraction of sp³-hybridized carbons (Fsp3) is 0.867. The van der Waals surface area contributed by atoms with Gasteiger partial charge in [0.2, 0.25) is 0 Å². The van der Waals surface area contributed by atoms with Gasteiger partial charge in [0.25, 0.3) is 0 Å². The van der Waals surface area contributed by atoms with Crippen LogP contribution in [0.5, 0.6) is 0 Å². The number of fused-ring (bicyclic) bond motifs is 2. The van der Waals surface area contributed by atoms with Gasteiger partial charge in [-0.2, -0.15) is 0 Å². The van der Waals surface area contributed by atoms with Gasteiger partial charge in [-0.25, -0.2) is 0 Å². The Morgan fingerprint density at radius 3 is 2.67 bits per heavy atom. The molecule has 4 fully saturated rings. The third-order valence-corrected chi connectivity index (χ3v) is 5.99. The molecule has 0 aromatic rings. The van der Waals surface area contributed by atoms with Crippen LogP contribution < -0.4 is 0 Å². The predicted octanol–water partition coefficient (Wildman–Crippen LogP) is 4.27. The van der Waals surface area contributed by atoms with E-state index >= 15 is 0 Å². The summed E-state index contributed by atoms with van der Waals surface area (Å²) < 4.78 is 0. The van der Waals surface area contributed by atoms with Crippen molar-refractivity contribution in [3.63, 3.8) is 0 Å². The van der Waals surface area contributed by atoms with Gasteiger partial charge >= 0.3 is 0 Å². The zero-order valence-corrected chi connectivity index (χ0v) is 10.4. The van der Waals surface area contributed by atoms with Crippen molar-refractivity contribution in [1.29, 1.82) is 0 Å². The van der Waals surface area contributed by atoms with Gasteiger partial charge in [-0.05, 0) is 60.7 Å². The second-order valence-corrected chi connectivity index (χ2v) is 6.81. The van der Waals surface area contributed by atoms with Gasteiger partial charge < -0.3 is 0 Å². The monoisotopic (exact) mass is 204 g/mol. The largest absolute Gasteiger partial charge is 0.0995 e. The molecule has 0 heteroatoms. The molecule has 4 aliphatic rings. The van der Waals surface area contributed by atoms with Crippen LogP contribution in [-0.4, -0.2) is 0 Å². The second-order valence-electron chi connectivity index (χ2n) is 6.81. The van der Waals surface area contributed by atoms with Crippen molar-refractivity contribution in [2.45, 2.75) is 46.5 Å². The molecule has 0 aromatic heterocycles. The molecule has 0 nitrogen and oxygen atoms in total. The minimum absolute atomic E-state index is 0.672. The molecule has 4 rings (SSSR count). The molecule has 4 aliphatic carbocycles. The van der Waals surface area contributed by atoms with Crippen molar-refractivity contribution in [2.24, 2.45) is 35.0 Å². The summed E-state index contributed by atoms with van der Waals surface area (Å²) in [4.78, 5) is 0. The van der Waals surface area contributed by atoms with E-state index in [1.165, 1.54) is 25.7 Å². The lowest BCUT2D eigenvalue weighted by atomic mass is 9.33. The zero-order valence-electron chi connectivity index (χ0n) is 10.4. The van der Waals surface area contributed by atoms with Crippen molar-refractivity contribution >= 4 is 0 Å². The van der Waals surface area contributed by atoms with Crippen molar-refractivity contribution in [2.75, 3.05) is 0 Å². The Bertz CT molecular complexity index is 299. The molecule has 0 amide bonds. The number of hydrogen-bond donors (Lipinski definition) is 0. The molecular formula is C15H24. The van der Waals surface area contributed by atoms with Crippen LogP contribution in [0.4, 0.5) is 0 Å². The highest BCUT2D eigenvalue weighted by Gasteiger charge is 2.65. The van der Waals surface area contributed by atoms with E-state index in [0.29, 0.717) is 5.41 Å². The molecule has 0 spiro atoms. The molecular weight excluding hydrogens is 180 g/mol. The minimum atomic E-state index is 0.672. The van der Waals surface area contributed by atoms with E-state index in [1.54, 1.807) is 5.57 Å². The fourth-order valence-corrected chi connectivity index (χ4v) is 5.32. The number of allylic oxidation sites excluding steroid dienone is 1. The molecule has 0 heterocycles. The van der Waals surface area contributed by atoms with E-state index in [2.05, 4.69) is 27.4 Å². The summed E-state index contributed by atoms with van der Waals surface area (Å²) in [6.07, 6.45) is 5.73. The van der Waals surface area contributed by atoms with Crippen LogP contribution in [-0.2, 0) is 0 Å². The maximum absolute atomic E-state index is 4.35. The SMILES string of the molecule is C=C1CCC2C3[C@H](C(C)C)CC[C@@]2(C)[C@H]13. The van der Waals surface area contributed by atoms with E-state index in [4.69, 9.17) is 0 Å². The van der Waals surface area contributed by atoms with Gasteiger partial charge in [0.05, 0.1) is 0 Å². The first-order valence-corrected chi connectivity index (χ1v) is 6.73. The van der Waals surface area contributed by atoms with Crippen LogP contribution in [0, 0.1) is 35.0 Å². The molecule has 4 saturated carbocycles. The van der Waals surface area contributed by atoms with Gasteiger partial charge in [0.1, 0.15) is 0 Å². The Morgan fingerprint density at radius 1 is 1.33 bits per heavy atom. The topological polar surface area (TPSA) is 0 Å². The van der Waals surface area contributed by atoms with Crippen molar-refractivity contribution in [3.05, 3.63) is 12.2 Å². The molecule has 84 valence electrons. The number of rotatable bonds is 1. The van der Waals surface area contributed by atoms with Crippen LogP contribution in [0.1, 0.15) is 46.5 Å². The van der Waals surface area contributed by atoms with Crippen LogP contribution in [0.2, 0.25) is 0 Å². The summed E-state index contributed by atoms with van der Waals surface area (Å²) in [5.74, 6) is 4.85. The molecule has 2 unspecified atom stereocenters. The summed E-state index contributed by atoms with van der Waals surface area (Å²) in [6.45, 7) is 11.7. The molecule has 0 N–H and O–H groups in total. The highest BCUT2D eigenvalue weighted by Crippen LogP contribution is 2.72. The maximum Gasteiger partial charge on any atom is -0.0115 e.